The monoisotopic (exact) mass is 365 g/mol. The van der Waals surface area contributed by atoms with Crippen molar-refractivity contribution in [1.29, 1.82) is 0 Å². The van der Waals surface area contributed by atoms with E-state index in [-0.39, 0.29) is 17.6 Å². The minimum Gasteiger partial charge on any atom is -0.508 e. The molecule has 7 nitrogen and oxygen atoms in total. The number of aromatic hydroxyl groups is 1. The van der Waals surface area contributed by atoms with Crippen LogP contribution in [0.1, 0.15) is 26.7 Å². The van der Waals surface area contributed by atoms with Gasteiger partial charge < -0.3 is 19.1 Å². The van der Waals surface area contributed by atoms with Crippen molar-refractivity contribution in [3.63, 3.8) is 0 Å². The molecular formula is C20H19N3O4. The number of Topliss-reactive ketones (excluding diaryl/α,β-unsaturated/α-hetero) is 1. The lowest BCUT2D eigenvalue weighted by Crippen LogP contribution is -2.14. The standard InChI is InChI=1S/C20H19N3O4/c1-12(24)3-4-13(2)26-20-8-7-19-21-11-16(23(19)22-20)18-9-14-5-6-15(25)10-17(14)27-18/h5-11,13,25H,3-4H2,1-2H3/t13-/m1/s1. The number of carbonyl (C=O) groups excluding carboxylic acids is 1. The first-order valence-corrected chi connectivity index (χ1v) is 8.73. The molecule has 0 fully saturated rings. The molecule has 4 aromatic rings. The number of carbonyl (C=O) groups is 1. The molecule has 3 aromatic heterocycles. The lowest BCUT2D eigenvalue weighted by molar-refractivity contribution is -0.117. The molecule has 0 spiro atoms. The van der Waals surface area contributed by atoms with E-state index in [2.05, 4.69) is 10.1 Å². The second kappa shape index (κ2) is 6.75. The Morgan fingerprint density at radius 1 is 1.30 bits per heavy atom. The van der Waals surface area contributed by atoms with E-state index in [1.54, 1.807) is 41.9 Å². The van der Waals surface area contributed by atoms with Crippen molar-refractivity contribution in [3.8, 4) is 23.1 Å². The quantitative estimate of drug-likeness (QED) is 0.556. The first kappa shape index (κ1) is 17.1. The average Bonchev–Trinajstić information content (AvgIpc) is 3.22. The van der Waals surface area contributed by atoms with Crippen LogP contribution in [-0.2, 0) is 4.79 Å². The van der Waals surface area contributed by atoms with Crippen LogP contribution in [0.4, 0.5) is 0 Å². The maximum atomic E-state index is 11.1. The molecule has 1 aromatic carbocycles. The highest BCUT2D eigenvalue weighted by molar-refractivity contribution is 5.83. The summed E-state index contributed by atoms with van der Waals surface area (Å²) in [6.45, 7) is 3.48. The highest BCUT2D eigenvalue weighted by Crippen LogP contribution is 2.30. The number of ether oxygens (including phenoxy) is 1. The van der Waals surface area contributed by atoms with E-state index in [1.165, 1.54) is 0 Å². The molecule has 138 valence electrons. The molecule has 0 saturated heterocycles. The number of phenols is 1. The lowest BCUT2D eigenvalue weighted by atomic mass is 10.2. The topological polar surface area (TPSA) is 89.9 Å². The van der Waals surface area contributed by atoms with Crippen molar-refractivity contribution < 1.29 is 19.1 Å². The van der Waals surface area contributed by atoms with Crippen LogP contribution in [0.5, 0.6) is 11.6 Å². The molecule has 7 heteroatoms. The molecule has 0 aliphatic heterocycles. The third-order valence-electron chi connectivity index (χ3n) is 4.32. The molecule has 0 aliphatic rings. The van der Waals surface area contributed by atoms with Crippen molar-refractivity contribution in [2.75, 3.05) is 0 Å². The van der Waals surface area contributed by atoms with Gasteiger partial charge in [-0.15, -0.1) is 5.10 Å². The Bertz CT molecular complexity index is 1130. The number of aromatic nitrogens is 3. The van der Waals surface area contributed by atoms with Gasteiger partial charge in [0.15, 0.2) is 11.4 Å². The molecule has 0 saturated carbocycles. The predicted octanol–water partition coefficient (Wildman–Crippen LogP) is 3.98. The van der Waals surface area contributed by atoms with Gasteiger partial charge in [-0.3, -0.25) is 0 Å². The van der Waals surface area contributed by atoms with Gasteiger partial charge in [-0.2, -0.15) is 0 Å². The van der Waals surface area contributed by atoms with E-state index >= 15 is 0 Å². The van der Waals surface area contributed by atoms with Crippen LogP contribution in [0, 0.1) is 0 Å². The summed E-state index contributed by atoms with van der Waals surface area (Å²) < 4.78 is 13.3. The minimum absolute atomic E-state index is 0.125. The van der Waals surface area contributed by atoms with Gasteiger partial charge in [-0.1, -0.05) is 0 Å². The van der Waals surface area contributed by atoms with Crippen molar-refractivity contribution >= 4 is 22.4 Å². The van der Waals surface area contributed by atoms with Gasteiger partial charge in [0, 0.05) is 23.9 Å². The van der Waals surface area contributed by atoms with Crippen LogP contribution < -0.4 is 4.74 Å². The fourth-order valence-corrected chi connectivity index (χ4v) is 2.91. The van der Waals surface area contributed by atoms with Gasteiger partial charge in [-0.05, 0) is 44.5 Å². The Labute approximate surface area is 155 Å². The smallest absolute Gasteiger partial charge is 0.232 e. The van der Waals surface area contributed by atoms with E-state index in [0.717, 1.165) is 5.39 Å². The molecule has 0 radical (unpaired) electrons. The minimum atomic E-state index is -0.125. The zero-order valence-corrected chi connectivity index (χ0v) is 15.0. The summed E-state index contributed by atoms with van der Waals surface area (Å²) in [5, 5.41) is 15.0. The van der Waals surface area contributed by atoms with E-state index in [4.69, 9.17) is 9.15 Å². The van der Waals surface area contributed by atoms with Gasteiger partial charge in [0.05, 0.1) is 12.3 Å². The Morgan fingerprint density at radius 3 is 2.96 bits per heavy atom. The van der Waals surface area contributed by atoms with E-state index < -0.39 is 0 Å². The Kier molecular flexibility index (Phi) is 4.27. The summed E-state index contributed by atoms with van der Waals surface area (Å²) in [5.41, 5.74) is 1.93. The number of nitrogens with zero attached hydrogens (tertiary/aromatic N) is 3. The van der Waals surface area contributed by atoms with Crippen LogP contribution in [0.3, 0.4) is 0 Å². The fraction of sp³-hybridized carbons (Fsp3) is 0.250. The largest absolute Gasteiger partial charge is 0.508 e. The number of hydrogen-bond acceptors (Lipinski definition) is 6. The van der Waals surface area contributed by atoms with Gasteiger partial charge in [0.25, 0.3) is 0 Å². The highest BCUT2D eigenvalue weighted by atomic mass is 16.5. The van der Waals surface area contributed by atoms with Crippen molar-refractivity contribution in [2.24, 2.45) is 0 Å². The molecule has 3 heterocycles. The van der Waals surface area contributed by atoms with E-state index in [0.29, 0.717) is 41.4 Å². The first-order chi connectivity index (χ1) is 13.0. The summed E-state index contributed by atoms with van der Waals surface area (Å²) in [6, 6.07) is 10.4. The Balaban J connectivity index is 1.66. The van der Waals surface area contributed by atoms with E-state index in [1.807, 2.05) is 19.1 Å². The number of benzene rings is 1. The molecule has 4 rings (SSSR count). The van der Waals surface area contributed by atoms with Crippen LogP contribution in [0.15, 0.2) is 47.0 Å². The third kappa shape index (κ3) is 3.48. The number of rotatable bonds is 6. The number of imidazole rings is 1. The molecule has 1 atom stereocenters. The summed E-state index contributed by atoms with van der Waals surface area (Å²) in [4.78, 5) is 15.5. The zero-order valence-electron chi connectivity index (χ0n) is 15.0. The fourth-order valence-electron chi connectivity index (χ4n) is 2.91. The summed E-state index contributed by atoms with van der Waals surface area (Å²) in [6.07, 6.45) is 2.67. The van der Waals surface area contributed by atoms with Crippen molar-refractivity contribution in [2.45, 2.75) is 32.8 Å². The molecule has 0 bridgehead atoms. The van der Waals surface area contributed by atoms with Crippen molar-refractivity contribution in [3.05, 3.63) is 42.6 Å². The van der Waals surface area contributed by atoms with Crippen LogP contribution in [0.25, 0.3) is 28.1 Å². The first-order valence-electron chi connectivity index (χ1n) is 8.73. The van der Waals surface area contributed by atoms with E-state index in [9.17, 15) is 9.90 Å². The molecule has 1 N–H and O–H groups in total. The van der Waals surface area contributed by atoms with Crippen LogP contribution >= 0.6 is 0 Å². The summed E-state index contributed by atoms with van der Waals surface area (Å²) >= 11 is 0. The third-order valence-corrected chi connectivity index (χ3v) is 4.32. The van der Waals surface area contributed by atoms with Crippen molar-refractivity contribution in [1.82, 2.24) is 14.6 Å². The van der Waals surface area contributed by atoms with Gasteiger partial charge in [0.1, 0.15) is 22.8 Å². The summed E-state index contributed by atoms with van der Waals surface area (Å²) in [5.74, 6) is 1.33. The van der Waals surface area contributed by atoms with Gasteiger partial charge in [-0.25, -0.2) is 9.50 Å². The second-order valence-corrected chi connectivity index (χ2v) is 6.59. The number of furan rings is 1. The number of phenolic OH excluding ortho intramolecular Hbond substituents is 1. The molecule has 27 heavy (non-hydrogen) atoms. The maximum Gasteiger partial charge on any atom is 0.232 e. The molecule has 0 unspecified atom stereocenters. The predicted molar refractivity (Wildman–Crippen MR) is 99.9 cm³/mol. The van der Waals surface area contributed by atoms with Crippen LogP contribution in [0.2, 0.25) is 0 Å². The normalized spacial score (nSPS) is 12.5. The number of hydrogen-bond donors (Lipinski definition) is 1. The molecule has 0 amide bonds. The SMILES string of the molecule is CC(=O)CC[C@@H](C)Oc1ccc2ncc(-c3cc4ccc(O)cc4o3)n2n1. The van der Waals surface area contributed by atoms with Crippen LogP contribution in [-0.4, -0.2) is 31.6 Å². The second-order valence-electron chi connectivity index (χ2n) is 6.59. The van der Waals surface area contributed by atoms with Gasteiger partial charge in [0.2, 0.25) is 5.88 Å². The average molecular weight is 365 g/mol. The Hall–Kier alpha value is -3.35. The zero-order chi connectivity index (χ0) is 19.0. The Morgan fingerprint density at radius 2 is 2.15 bits per heavy atom. The highest BCUT2D eigenvalue weighted by Gasteiger charge is 2.14. The molecular weight excluding hydrogens is 346 g/mol. The molecule has 0 aliphatic carbocycles. The maximum absolute atomic E-state index is 11.1. The number of fused-ring (bicyclic) bond motifs is 2. The lowest BCUT2D eigenvalue weighted by Gasteiger charge is -2.13. The summed E-state index contributed by atoms with van der Waals surface area (Å²) in [7, 11) is 0. The van der Waals surface area contributed by atoms with Gasteiger partial charge >= 0.3 is 0 Å². The number of ketones is 1.